The highest BCUT2D eigenvalue weighted by molar-refractivity contribution is 6.30. The first-order valence-corrected chi connectivity index (χ1v) is 7.04. The van der Waals surface area contributed by atoms with E-state index in [-0.39, 0.29) is 11.9 Å². The van der Waals surface area contributed by atoms with E-state index in [9.17, 15) is 0 Å². The van der Waals surface area contributed by atoms with E-state index in [0.717, 1.165) is 21.7 Å². The second-order valence-corrected chi connectivity index (χ2v) is 5.24. The molecule has 0 saturated carbocycles. The van der Waals surface area contributed by atoms with Crippen molar-refractivity contribution in [1.29, 1.82) is 0 Å². The minimum atomic E-state index is 0.114. The van der Waals surface area contributed by atoms with Gasteiger partial charge in [0, 0.05) is 23.2 Å². The van der Waals surface area contributed by atoms with Crippen molar-refractivity contribution < 1.29 is 5.21 Å². The number of nitrogens with zero attached hydrogens (tertiary/aromatic N) is 1. The lowest BCUT2D eigenvalue weighted by molar-refractivity contribution is 0.318. The van der Waals surface area contributed by atoms with Gasteiger partial charge in [0.25, 0.3) is 0 Å². The molecule has 2 aromatic rings. The normalized spacial score (nSPS) is 13.1. The largest absolute Gasteiger partial charge is 0.409 e. The van der Waals surface area contributed by atoms with Crippen molar-refractivity contribution in [1.82, 2.24) is 5.32 Å². The van der Waals surface area contributed by atoms with Crippen LogP contribution in [0.15, 0.2) is 53.7 Å². The third kappa shape index (κ3) is 3.97. The van der Waals surface area contributed by atoms with E-state index < -0.39 is 0 Å². The van der Waals surface area contributed by atoms with Crippen LogP contribution in [0.1, 0.15) is 29.7 Å². The lowest BCUT2D eigenvalue weighted by atomic mass is 10.0. The highest BCUT2D eigenvalue weighted by Crippen LogP contribution is 2.18. The van der Waals surface area contributed by atoms with E-state index in [1.165, 1.54) is 0 Å². The lowest BCUT2D eigenvalue weighted by Crippen LogP contribution is -2.22. The molecule has 0 bridgehead atoms. The molecule has 0 aliphatic rings. The van der Waals surface area contributed by atoms with Gasteiger partial charge in [-0.1, -0.05) is 53.2 Å². The fourth-order valence-electron chi connectivity index (χ4n) is 2.14. The smallest absolute Gasteiger partial charge is 0.170 e. The number of amidine groups is 1. The third-order valence-corrected chi connectivity index (χ3v) is 3.58. The van der Waals surface area contributed by atoms with Crippen LogP contribution in [0.2, 0.25) is 5.02 Å². The maximum Gasteiger partial charge on any atom is 0.170 e. The topological polar surface area (TPSA) is 70.6 Å². The predicted molar refractivity (Wildman–Crippen MR) is 85.7 cm³/mol. The maximum atomic E-state index is 8.83. The quantitative estimate of drug-likeness (QED) is 0.343. The van der Waals surface area contributed by atoms with Gasteiger partial charge in [-0.05, 0) is 30.2 Å². The van der Waals surface area contributed by atoms with Crippen molar-refractivity contribution >= 4 is 17.4 Å². The molecular weight excluding hydrogens is 286 g/mol. The van der Waals surface area contributed by atoms with Crippen molar-refractivity contribution in [3.63, 3.8) is 0 Å². The summed E-state index contributed by atoms with van der Waals surface area (Å²) < 4.78 is 0. The molecule has 0 saturated heterocycles. The van der Waals surface area contributed by atoms with Crippen molar-refractivity contribution in [3.8, 4) is 0 Å². The molecule has 2 aromatic carbocycles. The van der Waals surface area contributed by atoms with Gasteiger partial charge in [-0.25, -0.2) is 0 Å². The standard InChI is InChI=1S/C16H18ClN3O/c1-11(12-6-4-7-14(17)9-12)19-10-13-5-2-3-8-15(13)16(18)20-21/h2-9,11,19,21H,10H2,1H3,(H2,18,20)/t11-/m1/s1. The molecule has 0 fully saturated rings. The van der Waals surface area contributed by atoms with Crippen molar-refractivity contribution in [2.45, 2.75) is 19.5 Å². The summed E-state index contributed by atoms with van der Waals surface area (Å²) >= 11 is 6.00. The number of oxime groups is 1. The van der Waals surface area contributed by atoms with E-state index in [4.69, 9.17) is 22.5 Å². The van der Waals surface area contributed by atoms with Crippen molar-refractivity contribution in [2.75, 3.05) is 0 Å². The fourth-order valence-corrected chi connectivity index (χ4v) is 2.33. The van der Waals surface area contributed by atoms with E-state index in [1.54, 1.807) is 0 Å². The van der Waals surface area contributed by atoms with E-state index in [2.05, 4.69) is 17.4 Å². The van der Waals surface area contributed by atoms with Crippen LogP contribution >= 0.6 is 11.6 Å². The van der Waals surface area contributed by atoms with Gasteiger partial charge in [-0.15, -0.1) is 0 Å². The van der Waals surface area contributed by atoms with Crippen LogP contribution in [0.5, 0.6) is 0 Å². The van der Waals surface area contributed by atoms with Crippen LogP contribution in [0.25, 0.3) is 0 Å². The van der Waals surface area contributed by atoms with Crippen molar-refractivity contribution in [2.24, 2.45) is 10.9 Å². The average molecular weight is 304 g/mol. The first-order chi connectivity index (χ1) is 10.1. The molecule has 1 atom stereocenters. The predicted octanol–water partition coefficient (Wildman–Crippen LogP) is 3.29. The Morgan fingerprint density at radius 3 is 2.76 bits per heavy atom. The summed E-state index contributed by atoms with van der Waals surface area (Å²) in [5.74, 6) is 0.114. The molecule has 4 nitrogen and oxygen atoms in total. The second kappa shape index (κ2) is 7.11. The Morgan fingerprint density at radius 1 is 1.29 bits per heavy atom. The summed E-state index contributed by atoms with van der Waals surface area (Å²) in [7, 11) is 0. The third-order valence-electron chi connectivity index (χ3n) is 3.35. The number of benzene rings is 2. The first-order valence-electron chi connectivity index (χ1n) is 6.66. The number of hydrogen-bond acceptors (Lipinski definition) is 3. The molecule has 5 heteroatoms. The van der Waals surface area contributed by atoms with Crippen LogP contribution in [0.4, 0.5) is 0 Å². The summed E-state index contributed by atoms with van der Waals surface area (Å²) in [6.45, 7) is 2.68. The summed E-state index contributed by atoms with van der Waals surface area (Å²) in [6, 6.07) is 15.5. The van der Waals surface area contributed by atoms with Crippen LogP contribution in [0.3, 0.4) is 0 Å². The molecule has 0 aliphatic carbocycles. The van der Waals surface area contributed by atoms with Gasteiger partial charge in [-0.3, -0.25) is 0 Å². The minimum Gasteiger partial charge on any atom is -0.409 e. The SMILES string of the molecule is C[C@@H](NCc1ccccc1/C(N)=N/O)c1cccc(Cl)c1. The van der Waals surface area contributed by atoms with Gasteiger partial charge >= 0.3 is 0 Å². The molecule has 0 unspecified atom stereocenters. The average Bonchev–Trinajstić information content (AvgIpc) is 2.52. The molecule has 2 rings (SSSR count). The Bertz CT molecular complexity index is 643. The van der Waals surface area contributed by atoms with Gasteiger partial charge in [0.15, 0.2) is 5.84 Å². The molecule has 0 aromatic heterocycles. The highest BCUT2D eigenvalue weighted by atomic mass is 35.5. The number of halogens is 1. The monoisotopic (exact) mass is 303 g/mol. The Kier molecular flexibility index (Phi) is 5.20. The van der Waals surface area contributed by atoms with Crippen LogP contribution in [-0.2, 0) is 6.54 Å². The first kappa shape index (κ1) is 15.4. The Balaban J connectivity index is 2.10. The van der Waals surface area contributed by atoms with Gasteiger partial charge < -0.3 is 16.3 Å². The molecule has 0 aliphatic heterocycles. The maximum absolute atomic E-state index is 8.83. The summed E-state index contributed by atoms with van der Waals surface area (Å²) in [4.78, 5) is 0. The Morgan fingerprint density at radius 2 is 2.05 bits per heavy atom. The minimum absolute atomic E-state index is 0.114. The van der Waals surface area contributed by atoms with E-state index in [0.29, 0.717) is 6.54 Å². The fraction of sp³-hybridized carbons (Fsp3) is 0.188. The van der Waals surface area contributed by atoms with Gasteiger partial charge in [-0.2, -0.15) is 0 Å². The van der Waals surface area contributed by atoms with Crippen molar-refractivity contribution in [3.05, 3.63) is 70.2 Å². The van der Waals surface area contributed by atoms with Gasteiger partial charge in [0.2, 0.25) is 0 Å². The zero-order valence-electron chi connectivity index (χ0n) is 11.8. The van der Waals surface area contributed by atoms with Crippen LogP contribution < -0.4 is 11.1 Å². The van der Waals surface area contributed by atoms with Gasteiger partial charge in [0.1, 0.15) is 0 Å². The summed E-state index contributed by atoms with van der Waals surface area (Å²) in [5.41, 5.74) is 8.50. The number of rotatable bonds is 5. The van der Waals surface area contributed by atoms with Crippen LogP contribution in [0, 0.1) is 0 Å². The molecule has 0 radical (unpaired) electrons. The lowest BCUT2D eigenvalue weighted by Gasteiger charge is -2.16. The highest BCUT2D eigenvalue weighted by Gasteiger charge is 2.09. The van der Waals surface area contributed by atoms with E-state index >= 15 is 0 Å². The molecule has 4 N–H and O–H groups in total. The summed E-state index contributed by atoms with van der Waals surface area (Å²) in [6.07, 6.45) is 0. The molecule has 0 heterocycles. The van der Waals surface area contributed by atoms with Crippen LogP contribution in [-0.4, -0.2) is 11.0 Å². The second-order valence-electron chi connectivity index (χ2n) is 4.80. The number of hydrogen-bond donors (Lipinski definition) is 3. The molecule has 110 valence electrons. The molecule has 0 amide bonds. The van der Waals surface area contributed by atoms with Gasteiger partial charge in [0.05, 0.1) is 0 Å². The zero-order chi connectivity index (χ0) is 15.2. The number of nitrogens with one attached hydrogen (secondary N) is 1. The Labute approximate surface area is 129 Å². The molecular formula is C16H18ClN3O. The Hall–Kier alpha value is -2.04. The molecule has 21 heavy (non-hydrogen) atoms. The molecule has 0 spiro atoms. The summed E-state index contributed by atoms with van der Waals surface area (Å²) in [5, 5.41) is 16.0. The van der Waals surface area contributed by atoms with E-state index in [1.807, 2.05) is 48.5 Å². The number of nitrogens with two attached hydrogens (primary N) is 1. The zero-order valence-corrected chi connectivity index (χ0v) is 12.5.